The Bertz CT molecular complexity index is 1120. The molecule has 0 spiro atoms. The maximum Gasteiger partial charge on any atom is 0.276 e. The number of nitrogens with zero attached hydrogens (tertiary/aromatic N) is 2. The molecular formula is C22H25N3O4. The van der Waals surface area contributed by atoms with Gasteiger partial charge in [0.15, 0.2) is 17.2 Å². The summed E-state index contributed by atoms with van der Waals surface area (Å²) in [5.74, 6) is 0.910. The number of rotatable bonds is 6. The summed E-state index contributed by atoms with van der Waals surface area (Å²) in [7, 11) is 3.10. The zero-order valence-corrected chi connectivity index (χ0v) is 17.3. The van der Waals surface area contributed by atoms with Crippen LogP contribution in [0.25, 0.3) is 10.8 Å². The maximum atomic E-state index is 13.1. The number of ether oxygens (including phenoxy) is 2. The molecule has 3 aromatic rings. The van der Waals surface area contributed by atoms with E-state index in [-0.39, 0.29) is 17.2 Å². The van der Waals surface area contributed by atoms with Crippen molar-refractivity contribution < 1.29 is 14.3 Å². The van der Waals surface area contributed by atoms with Gasteiger partial charge in [0.1, 0.15) is 0 Å². The summed E-state index contributed by atoms with van der Waals surface area (Å²) in [5.41, 5.74) is 1.40. The van der Waals surface area contributed by atoms with E-state index >= 15 is 0 Å². The van der Waals surface area contributed by atoms with Crippen molar-refractivity contribution in [3.63, 3.8) is 0 Å². The molecule has 1 amide bonds. The molecule has 0 aliphatic carbocycles. The van der Waals surface area contributed by atoms with Gasteiger partial charge in [0.05, 0.1) is 19.6 Å². The standard InChI is InChI=1S/C22H25N3O4/c1-13(2)12-25-22(27)16-9-7-6-8-15(16)20(24-25)21(26)23-17-11-19(29-5)18(28-4)10-14(17)3/h6-11,13H,12H2,1-5H3,(H,23,26). The number of nitrogens with one attached hydrogen (secondary N) is 1. The van der Waals surface area contributed by atoms with Crippen LogP contribution in [0, 0.1) is 12.8 Å². The third kappa shape index (κ3) is 4.08. The van der Waals surface area contributed by atoms with Crippen LogP contribution in [-0.2, 0) is 6.54 Å². The van der Waals surface area contributed by atoms with Gasteiger partial charge in [-0.1, -0.05) is 32.0 Å². The van der Waals surface area contributed by atoms with Gasteiger partial charge in [-0.25, -0.2) is 4.68 Å². The Morgan fingerprint density at radius 1 is 1.10 bits per heavy atom. The molecule has 3 rings (SSSR count). The fourth-order valence-corrected chi connectivity index (χ4v) is 3.17. The number of aryl methyl sites for hydroxylation is 1. The Morgan fingerprint density at radius 3 is 2.34 bits per heavy atom. The van der Waals surface area contributed by atoms with Crippen LogP contribution in [0.4, 0.5) is 5.69 Å². The summed E-state index contributed by atoms with van der Waals surface area (Å²) in [5, 5.41) is 8.26. The molecule has 1 N–H and O–H groups in total. The Labute approximate surface area is 169 Å². The Balaban J connectivity index is 2.08. The van der Waals surface area contributed by atoms with Gasteiger partial charge < -0.3 is 14.8 Å². The Kier molecular flexibility index (Phi) is 5.87. The average Bonchev–Trinajstić information content (AvgIpc) is 2.70. The van der Waals surface area contributed by atoms with Crippen molar-refractivity contribution in [2.24, 2.45) is 5.92 Å². The summed E-state index contributed by atoms with van der Waals surface area (Å²) in [4.78, 5) is 25.9. The number of amides is 1. The maximum absolute atomic E-state index is 13.1. The van der Waals surface area contributed by atoms with E-state index in [2.05, 4.69) is 10.4 Å². The van der Waals surface area contributed by atoms with Crippen LogP contribution >= 0.6 is 0 Å². The average molecular weight is 395 g/mol. The van der Waals surface area contributed by atoms with Crippen molar-refractivity contribution in [2.45, 2.75) is 27.3 Å². The molecule has 1 aromatic heterocycles. The third-order valence-electron chi connectivity index (χ3n) is 4.60. The molecule has 0 bridgehead atoms. The van der Waals surface area contributed by atoms with E-state index in [1.54, 1.807) is 43.5 Å². The first kappa shape index (κ1) is 20.4. The topological polar surface area (TPSA) is 82.5 Å². The fraction of sp³-hybridized carbons (Fsp3) is 0.318. The predicted molar refractivity (Wildman–Crippen MR) is 113 cm³/mol. The smallest absolute Gasteiger partial charge is 0.276 e. The first-order valence-electron chi connectivity index (χ1n) is 9.39. The summed E-state index contributed by atoms with van der Waals surface area (Å²) in [6.07, 6.45) is 0. The molecule has 7 nitrogen and oxygen atoms in total. The molecule has 0 fully saturated rings. The van der Waals surface area contributed by atoms with Gasteiger partial charge in [-0.05, 0) is 30.5 Å². The van der Waals surface area contributed by atoms with E-state index in [4.69, 9.17) is 9.47 Å². The second-order valence-corrected chi connectivity index (χ2v) is 7.25. The largest absolute Gasteiger partial charge is 0.493 e. The number of fused-ring (bicyclic) bond motifs is 1. The first-order chi connectivity index (χ1) is 13.8. The SMILES string of the molecule is COc1cc(C)c(NC(=O)c2nn(CC(C)C)c(=O)c3ccccc23)cc1OC. The van der Waals surface area contributed by atoms with E-state index in [1.807, 2.05) is 20.8 Å². The quantitative estimate of drug-likeness (QED) is 0.689. The number of aromatic nitrogens is 2. The lowest BCUT2D eigenvalue weighted by Gasteiger charge is -2.15. The van der Waals surface area contributed by atoms with E-state index in [0.717, 1.165) is 5.56 Å². The molecule has 0 aliphatic heterocycles. The number of carbonyl (C=O) groups is 1. The van der Waals surface area contributed by atoms with Gasteiger partial charge in [0.25, 0.3) is 11.5 Å². The minimum absolute atomic E-state index is 0.201. The van der Waals surface area contributed by atoms with Crippen molar-refractivity contribution in [1.82, 2.24) is 9.78 Å². The van der Waals surface area contributed by atoms with Crippen LogP contribution in [0.1, 0.15) is 29.9 Å². The number of methoxy groups -OCH3 is 2. The molecular weight excluding hydrogens is 370 g/mol. The second-order valence-electron chi connectivity index (χ2n) is 7.25. The monoisotopic (exact) mass is 395 g/mol. The molecule has 1 heterocycles. The van der Waals surface area contributed by atoms with Crippen molar-refractivity contribution in [3.8, 4) is 11.5 Å². The minimum atomic E-state index is -0.394. The Morgan fingerprint density at radius 2 is 1.72 bits per heavy atom. The van der Waals surface area contributed by atoms with Crippen molar-refractivity contribution in [1.29, 1.82) is 0 Å². The minimum Gasteiger partial charge on any atom is -0.493 e. The molecule has 0 saturated carbocycles. The molecule has 0 atom stereocenters. The number of anilines is 1. The number of carbonyl (C=O) groups excluding carboxylic acids is 1. The van der Waals surface area contributed by atoms with E-state index < -0.39 is 5.91 Å². The highest BCUT2D eigenvalue weighted by Gasteiger charge is 2.19. The van der Waals surface area contributed by atoms with Crippen LogP contribution in [0.5, 0.6) is 11.5 Å². The zero-order chi connectivity index (χ0) is 21.1. The van der Waals surface area contributed by atoms with Gasteiger partial charge in [-0.3, -0.25) is 9.59 Å². The molecule has 7 heteroatoms. The molecule has 0 saturated heterocycles. The molecule has 0 radical (unpaired) electrons. The third-order valence-corrected chi connectivity index (χ3v) is 4.60. The van der Waals surface area contributed by atoms with Crippen LogP contribution in [-0.4, -0.2) is 29.9 Å². The van der Waals surface area contributed by atoms with E-state index in [0.29, 0.717) is 34.5 Å². The summed E-state index contributed by atoms with van der Waals surface area (Å²) in [6, 6.07) is 10.5. The van der Waals surface area contributed by atoms with Gasteiger partial charge in [0, 0.05) is 23.7 Å². The van der Waals surface area contributed by atoms with Crippen LogP contribution < -0.4 is 20.3 Å². The lowest BCUT2D eigenvalue weighted by Crippen LogP contribution is -2.29. The van der Waals surface area contributed by atoms with E-state index in [1.165, 1.54) is 11.8 Å². The highest BCUT2D eigenvalue weighted by molar-refractivity contribution is 6.11. The highest BCUT2D eigenvalue weighted by Crippen LogP contribution is 2.33. The highest BCUT2D eigenvalue weighted by atomic mass is 16.5. The van der Waals surface area contributed by atoms with Gasteiger partial charge in [0.2, 0.25) is 0 Å². The molecule has 152 valence electrons. The van der Waals surface area contributed by atoms with E-state index in [9.17, 15) is 9.59 Å². The summed E-state index contributed by atoms with van der Waals surface area (Å²) in [6.45, 7) is 6.29. The van der Waals surface area contributed by atoms with Crippen LogP contribution in [0.15, 0.2) is 41.2 Å². The lowest BCUT2D eigenvalue weighted by molar-refractivity contribution is 0.102. The zero-order valence-electron chi connectivity index (χ0n) is 17.3. The number of benzene rings is 2. The van der Waals surface area contributed by atoms with Crippen molar-refractivity contribution >= 4 is 22.4 Å². The summed E-state index contributed by atoms with van der Waals surface area (Å²) < 4.78 is 12.0. The normalized spacial score (nSPS) is 11.0. The second kappa shape index (κ2) is 8.34. The molecule has 2 aromatic carbocycles. The number of hydrogen-bond acceptors (Lipinski definition) is 5. The number of hydrogen-bond donors (Lipinski definition) is 1. The first-order valence-corrected chi connectivity index (χ1v) is 9.39. The van der Waals surface area contributed by atoms with Gasteiger partial charge in [-0.15, -0.1) is 0 Å². The van der Waals surface area contributed by atoms with Gasteiger partial charge >= 0.3 is 0 Å². The Hall–Kier alpha value is -3.35. The lowest BCUT2D eigenvalue weighted by atomic mass is 10.1. The fourth-order valence-electron chi connectivity index (χ4n) is 3.17. The molecule has 0 aliphatic rings. The van der Waals surface area contributed by atoms with Crippen LogP contribution in [0.3, 0.4) is 0 Å². The molecule has 0 unspecified atom stereocenters. The van der Waals surface area contributed by atoms with Crippen LogP contribution in [0.2, 0.25) is 0 Å². The molecule has 29 heavy (non-hydrogen) atoms. The van der Waals surface area contributed by atoms with Crippen molar-refractivity contribution in [3.05, 3.63) is 58.0 Å². The van der Waals surface area contributed by atoms with Gasteiger partial charge in [-0.2, -0.15) is 5.10 Å². The van der Waals surface area contributed by atoms with Crippen molar-refractivity contribution in [2.75, 3.05) is 19.5 Å². The predicted octanol–water partition coefficient (Wildman–Crippen LogP) is 3.63. The summed E-state index contributed by atoms with van der Waals surface area (Å²) >= 11 is 0.